The first-order valence-electron chi connectivity index (χ1n) is 11.4. The third-order valence-electron chi connectivity index (χ3n) is 6.27. The summed E-state index contributed by atoms with van der Waals surface area (Å²) in [6, 6.07) is 7.28. The highest BCUT2D eigenvalue weighted by Crippen LogP contribution is 2.26. The van der Waals surface area contributed by atoms with E-state index in [9.17, 15) is 9.18 Å². The number of ether oxygens (including phenoxy) is 2. The van der Waals surface area contributed by atoms with E-state index in [2.05, 4.69) is 30.5 Å². The summed E-state index contributed by atoms with van der Waals surface area (Å²) in [6.07, 6.45) is 2.92. The van der Waals surface area contributed by atoms with Crippen molar-refractivity contribution in [1.82, 2.24) is 25.2 Å². The monoisotopic (exact) mass is 466 g/mol. The van der Waals surface area contributed by atoms with Crippen LogP contribution in [0.25, 0.3) is 11.0 Å². The van der Waals surface area contributed by atoms with Crippen LogP contribution in [0, 0.1) is 11.7 Å². The van der Waals surface area contributed by atoms with Crippen molar-refractivity contribution >= 4 is 22.8 Å². The number of aromatic nitrogens is 3. The Hall–Kier alpha value is -3.37. The van der Waals surface area contributed by atoms with Gasteiger partial charge in [-0.25, -0.2) is 14.4 Å². The van der Waals surface area contributed by atoms with Crippen LogP contribution in [0.2, 0.25) is 0 Å². The van der Waals surface area contributed by atoms with Crippen LogP contribution in [0.4, 0.5) is 10.2 Å². The molecule has 5 heterocycles. The molecule has 3 aromatic rings. The molecule has 2 aliphatic heterocycles. The molecule has 2 aliphatic rings. The summed E-state index contributed by atoms with van der Waals surface area (Å²) in [7, 11) is 1.55. The number of hydrogen-bond acceptors (Lipinski definition) is 8. The number of anilines is 1. The maximum atomic E-state index is 14.6. The molecule has 1 saturated heterocycles. The van der Waals surface area contributed by atoms with Gasteiger partial charge in [0.2, 0.25) is 5.88 Å². The average molecular weight is 467 g/mol. The maximum Gasteiger partial charge on any atom is 0.263 e. The molecule has 1 atom stereocenters. The molecule has 0 bridgehead atoms. The van der Waals surface area contributed by atoms with E-state index in [4.69, 9.17) is 9.47 Å². The van der Waals surface area contributed by atoms with Crippen LogP contribution in [0.15, 0.2) is 30.5 Å². The van der Waals surface area contributed by atoms with Gasteiger partial charge >= 0.3 is 0 Å². The lowest BCUT2D eigenvalue weighted by Gasteiger charge is -2.18. The molecule has 1 amide bonds. The number of fused-ring (bicyclic) bond motifs is 2. The zero-order chi connectivity index (χ0) is 23.5. The Morgan fingerprint density at radius 3 is 3.09 bits per heavy atom. The second-order valence-electron chi connectivity index (χ2n) is 8.63. The van der Waals surface area contributed by atoms with Gasteiger partial charge < -0.3 is 25.0 Å². The highest BCUT2D eigenvalue weighted by molar-refractivity contribution is 5.94. The standard InChI is InChI=1S/C24H27FN6O3/c1-33-22-5-3-19-23(30-22)17(18(25)12-27-19)7-9-31-8-6-15(13-31)10-26-11-16-2-4-20-24(28-16)29-21(32)14-34-20/h2-5,12,15,26H,6-11,13-14H2,1H3,(H,28,29,32)/t15-/m0/s1. The number of pyridine rings is 3. The molecule has 0 saturated carbocycles. The van der Waals surface area contributed by atoms with Gasteiger partial charge in [0.25, 0.3) is 5.91 Å². The van der Waals surface area contributed by atoms with Gasteiger partial charge in [-0.05, 0) is 50.0 Å². The van der Waals surface area contributed by atoms with Gasteiger partial charge in [-0.2, -0.15) is 0 Å². The van der Waals surface area contributed by atoms with E-state index in [1.807, 2.05) is 12.1 Å². The predicted molar refractivity (Wildman–Crippen MR) is 124 cm³/mol. The lowest BCUT2D eigenvalue weighted by atomic mass is 10.1. The molecule has 1 fully saturated rings. The quantitative estimate of drug-likeness (QED) is 0.521. The highest BCUT2D eigenvalue weighted by Gasteiger charge is 2.23. The Labute approximate surface area is 196 Å². The number of methoxy groups -OCH3 is 1. The fourth-order valence-corrected chi connectivity index (χ4v) is 4.49. The predicted octanol–water partition coefficient (Wildman–Crippen LogP) is 2.16. The first kappa shape index (κ1) is 22.4. The van der Waals surface area contributed by atoms with Crippen molar-refractivity contribution in [2.75, 3.05) is 45.2 Å². The van der Waals surface area contributed by atoms with Gasteiger partial charge in [0.15, 0.2) is 18.2 Å². The molecule has 0 spiro atoms. The molecule has 0 aliphatic carbocycles. The topological polar surface area (TPSA) is 102 Å². The van der Waals surface area contributed by atoms with Crippen LogP contribution in [0.5, 0.6) is 11.6 Å². The summed E-state index contributed by atoms with van der Waals surface area (Å²) in [5, 5.41) is 6.20. The van der Waals surface area contributed by atoms with Crippen LogP contribution in [0.1, 0.15) is 17.7 Å². The van der Waals surface area contributed by atoms with E-state index in [-0.39, 0.29) is 18.3 Å². The van der Waals surface area contributed by atoms with Gasteiger partial charge in [-0.3, -0.25) is 9.78 Å². The first-order valence-corrected chi connectivity index (χ1v) is 11.4. The molecule has 178 valence electrons. The Kier molecular flexibility index (Phi) is 6.50. The number of carbonyl (C=O) groups excluding carboxylic acids is 1. The van der Waals surface area contributed by atoms with E-state index in [1.54, 1.807) is 19.2 Å². The van der Waals surface area contributed by atoms with Gasteiger partial charge in [-0.1, -0.05) is 0 Å². The minimum absolute atomic E-state index is 0.0270. The number of hydrogen-bond donors (Lipinski definition) is 2. The zero-order valence-electron chi connectivity index (χ0n) is 19.0. The first-order chi connectivity index (χ1) is 16.6. The summed E-state index contributed by atoms with van der Waals surface area (Å²) in [4.78, 5) is 26.9. The van der Waals surface area contributed by atoms with Gasteiger partial charge in [0, 0.05) is 31.3 Å². The minimum atomic E-state index is -0.329. The maximum absolute atomic E-state index is 14.6. The van der Waals surface area contributed by atoms with Crippen molar-refractivity contribution in [3.05, 3.63) is 47.5 Å². The van der Waals surface area contributed by atoms with E-state index in [1.165, 1.54) is 6.20 Å². The molecule has 10 heteroatoms. The molecule has 0 aromatic carbocycles. The number of nitrogens with zero attached hydrogens (tertiary/aromatic N) is 4. The molecule has 0 radical (unpaired) electrons. The second-order valence-corrected chi connectivity index (χ2v) is 8.63. The lowest BCUT2D eigenvalue weighted by molar-refractivity contribution is -0.118. The molecular formula is C24H27FN6O3. The van der Waals surface area contributed by atoms with Crippen molar-refractivity contribution in [2.24, 2.45) is 5.92 Å². The third kappa shape index (κ3) is 4.92. The third-order valence-corrected chi connectivity index (χ3v) is 6.27. The van der Waals surface area contributed by atoms with E-state index < -0.39 is 0 Å². The summed E-state index contributed by atoms with van der Waals surface area (Å²) >= 11 is 0. The van der Waals surface area contributed by atoms with E-state index >= 15 is 0 Å². The van der Waals surface area contributed by atoms with Crippen molar-refractivity contribution in [3.63, 3.8) is 0 Å². The SMILES string of the molecule is COc1ccc2ncc(F)c(CCN3CC[C@@H](CNCc4ccc5c(n4)NC(=O)CO5)C3)c2n1. The Morgan fingerprint density at radius 2 is 2.21 bits per heavy atom. The Morgan fingerprint density at radius 1 is 1.29 bits per heavy atom. The van der Waals surface area contributed by atoms with Crippen molar-refractivity contribution in [1.29, 1.82) is 0 Å². The van der Waals surface area contributed by atoms with Crippen molar-refractivity contribution in [2.45, 2.75) is 19.4 Å². The highest BCUT2D eigenvalue weighted by atomic mass is 19.1. The van der Waals surface area contributed by atoms with Gasteiger partial charge in [-0.15, -0.1) is 0 Å². The number of carbonyl (C=O) groups is 1. The lowest BCUT2D eigenvalue weighted by Crippen LogP contribution is -2.28. The molecule has 5 rings (SSSR count). The van der Waals surface area contributed by atoms with Crippen molar-refractivity contribution in [3.8, 4) is 11.6 Å². The fourth-order valence-electron chi connectivity index (χ4n) is 4.49. The fraction of sp³-hybridized carbons (Fsp3) is 0.417. The Balaban J connectivity index is 1.12. The second kappa shape index (κ2) is 9.86. The minimum Gasteiger partial charge on any atom is -0.481 e. The molecule has 34 heavy (non-hydrogen) atoms. The van der Waals surface area contributed by atoms with Crippen LogP contribution in [0.3, 0.4) is 0 Å². The summed E-state index contributed by atoms with van der Waals surface area (Å²) < 4.78 is 25.1. The Bertz CT molecular complexity index is 1210. The summed E-state index contributed by atoms with van der Waals surface area (Å²) in [5.41, 5.74) is 2.67. The van der Waals surface area contributed by atoms with Crippen LogP contribution in [-0.2, 0) is 17.8 Å². The number of nitrogens with one attached hydrogen (secondary N) is 2. The van der Waals surface area contributed by atoms with Crippen molar-refractivity contribution < 1.29 is 18.7 Å². The van der Waals surface area contributed by atoms with Gasteiger partial charge in [0.05, 0.1) is 30.0 Å². The van der Waals surface area contributed by atoms with E-state index in [0.717, 1.165) is 38.3 Å². The smallest absolute Gasteiger partial charge is 0.263 e. The average Bonchev–Trinajstić information content (AvgIpc) is 3.30. The number of likely N-dealkylation sites (tertiary alicyclic amines) is 1. The molecule has 2 N–H and O–H groups in total. The molecular weight excluding hydrogens is 439 g/mol. The summed E-state index contributed by atoms with van der Waals surface area (Å²) in [5.74, 6) is 1.53. The zero-order valence-corrected chi connectivity index (χ0v) is 19.0. The van der Waals surface area contributed by atoms with Crippen LogP contribution >= 0.6 is 0 Å². The summed E-state index contributed by atoms with van der Waals surface area (Å²) in [6.45, 7) is 4.20. The number of halogens is 1. The molecule has 3 aromatic heterocycles. The number of rotatable bonds is 8. The number of amides is 1. The molecule has 0 unspecified atom stereocenters. The van der Waals surface area contributed by atoms with E-state index in [0.29, 0.717) is 52.9 Å². The largest absolute Gasteiger partial charge is 0.481 e. The van der Waals surface area contributed by atoms with Crippen LogP contribution < -0.4 is 20.1 Å². The van der Waals surface area contributed by atoms with Gasteiger partial charge in [0.1, 0.15) is 5.82 Å². The normalized spacial score (nSPS) is 17.9. The van der Waals surface area contributed by atoms with Crippen LogP contribution in [-0.4, -0.2) is 65.7 Å². The molecule has 9 nitrogen and oxygen atoms in total.